The van der Waals surface area contributed by atoms with Gasteiger partial charge in [0.05, 0.1) is 11.4 Å². The van der Waals surface area contributed by atoms with Crippen LogP contribution < -0.4 is 4.90 Å². The maximum atomic E-state index is 8.40. The Hall–Kier alpha value is -3.54. The molecule has 9 heteroatoms. The van der Waals surface area contributed by atoms with Crippen molar-refractivity contribution in [3.63, 3.8) is 0 Å². The molecule has 25 heavy (non-hydrogen) atoms. The Morgan fingerprint density at radius 1 is 0.720 bits per heavy atom. The molecule has 0 aliphatic heterocycles. The molecule has 0 aromatic heterocycles. The van der Waals surface area contributed by atoms with Crippen LogP contribution in [0.15, 0.2) is 75.1 Å². The molecular weight excluding hydrogens is 318 g/mol. The minimum absolute atomic E-state index is 0.336. The molecule has 0 N–H and O–H groups in total. The van der Waals surface area contributed by atoms with E-state index in [-0.39, 0.29) is 0 Å². The molecule has 0 radical (unpaired) electrons. The highest BCUT2D eigenvalue weighted by molar-refractivity contribution is 5.53. The fourth-order valence-corrected chi connectivity index (χ4v) is 2.13. The molecule has 9 nitrogen and oxygen atoms in total. The van der Waals surface area contributed by atoms with Crippen LogP contribution in [0.3, 0.4) is 0 Å². The predicted molar refractivity (Wildman–Crippen MR) is 97.3 cm³/mol. The Balaban J connectivity index is 2.06. The Morgan fingerprint density at radius 2 is 1.24 bits per heavy atom. The van der Waals surface area contributed by atoms with Crippen molar-refractivity contribution in [2.24, 2.45) is 20.5 Å². The summed E-state index contributed by atoms with van der Waals surface area (Å²) in [7, 11) is 0. The number of anilines is 1. The zero-order valence-corrected chi connectivity index (χ0v) is 13.5. The third-order valence-electron chi connectivity index (χ3n) is 3.32. The van der Waals surface area contributed by atoms with E-state index in [1.54, 1.807) is 0 Å². The van der Waals surface area contributed by atoms with Gasteiger partial charge in [0.1, 0.15) is 0 Å². The monoisotopic (exact) mass is 335 g/mol. The van der Waals surface area contributed by atoms with E-state index >= 15 is 0 Å². The standard InChI is InChI=1S/C16H17N9/c17-23-19-10-12-25(13-11-20-24-18)16-8-6-15(7-9-16)22-21-14-4-2-1-3-5-14/h1-9H,10-13H2. The van der Waals surface area contributed by atoms with Crippen molar-refractivity contribution in [2.75, 3.05) is 31.1 Å². The fraction of sp³-hybridized carbons (Fsp3) is 0.250. The molecule has 0 saturated carbocycles. The highest BCUT2D eigenvalue weighted by Crippen LogP contribution is 2.22. The van der Waals surface area contributed by atoms with Gasteiger partial charge in [-0.2, -0.15) is 10.2 Å². The number of hydrogen-bond donors (Lipinski definition) is 0. The number of rotatable bonds is 9. The lowest BCUT2D eigenvalue weighted by molar-refractivity contribution is 0.778. The van der Waals surface area contributed by atoms with Gasteiger partial charge in [-0.25, -0.2) is 0 Å². The quantitative estimate of drug-likeness (QED) is 0.333. The van der Waals surface area contributed by atoms with E-state index in [4.69, 9.17) is 11.1 Å². The molecular formula is C16H17N9. The van der Waals surface area contributed by atoms with Crippen molar-refractivity contribution in [2.45, 2.75) is 0 Å². The van der Waals surface area contributed by atoms with Crippen LogP contribution in [-0.2, 0) is 0 Å². The third-order valence-corrected chi connectivity index (χ3v) is 3.32. The van der Waals surface area contributed by atoms with Gasteiger partial charge in [0.25, 0.3) is 0 Å². The molecule has 0 saturated heterocycles. The molecule has 0 aliphatic carbocycles. The summed E-state index contributed by atoms with van der Waals surface area (Å²) in [6, 6.07) is 17.0. The molecule has 0 spiro atoms. The first-order valence-corrected chi connectivity index (χ1v) is 7.67. The lowest BCUT2D eigenvalue weighted by Gasteiger charge is -2.23. The average molecular weight is 335 g/mol. The maximum absolute atomic E-state index is 8.40. The summed E-state index contributed by atoms with van der Waals surface area (Å²) in [6.07, 6.45) is 0. The first-order chi connectivity index (χ1) is 12.3. The smallest absolute Gasteiger partial charge is 0.0858 e. The van der Waals surface area contributed by atoms with Gasteiger partial charge in [0.2, 0.25) is 0 Å². The molecule has 0 aliphatic rings. The van der Waals surface area contributed by atoms with E-state index in [2.05, 4.69) is 30.3 Å². The Labute approximate surface area is 144 Å². The van der Waals surface area contributed by atoms with Gasteiger partial charge in [-0.05, 0) is 47.5 Å². The Kier molecular flexibility index (Phi) is 7.32. The molecule has 126 valence electrons. The van der Waals surface area contributed by atoms with Crippen LogP contribution in [0.4, 0.5) is 17.1 Å². The maximum Gasteiger partial charge on any atom is 0.0858 e. The van der Waals surface area contributed by atoms with Crippen LogP contribution in [0.25, 0.3) is 20.9 Å². The number of azo groups is 1. The molecule has 0 amide bonds. The SMILES string of the molecule is [N-]=[N+]=NCCN(CCN=[N+]=[N-])c1ccc(N=Nc2ccccc2)cc1. The van der Waals surface area contributed by atoms with Crippen LogP contribution in [0.1, 0.15) is 0 Å². The second kappa shape index (κ2) is 10.3. The molecule has 0 heterocycles. The van der Waals surface area contributed by atoms with E-state index < -0.39 is 0 Å². The molecule has 2 aromatic rings. The van der Waals surface area contributed by atoms with Crippen LogP contribution in [-0.4, -0.2) is 26.2 Å². The average Bonchev–Trinajstić information content (AvgIpc) is 2.67. The second-order valence-corrected chi connectivity index (χ2v) is 4.95. The molecule has 0 atom stereocenters. The molecule has 2 aromatic carbocycles. The van der Waals surface area contributed by atoms with E-state index in [1.165, 1.54) is 0 Å². The van der Waals surface area contributed by atoms with Gasteiger partial charge in [-0.15, -0.1) is 0 Å². The van der Waals surface area contributed by atoms with Crippen LogP contribution in [0, 0.1) is 0 Å². The lowest BCUT2D eigenvalue weighted by Crippen LogP contribution is -2.28. The van der Waals surface area contributed by atoms with Gasteiger partial charge < -0.3 is 4.90 Å². The van der Waals surface area contributed by atoms with Gasteiger partial charge in [-0.1, -0.05) is 28.4 Å². The van der Waals surface area contributed by atoms with E-state index in [0.29, 0.717) is 26.2 Å². The van der Waals surface area contributed by atoms with Gasteiger partial charge in [0.15, 0.2) is 0 Å². The summed E-state index contributed by atoms with van der Waals surface area (Å²) in [5.41, 5.74) is 19.3. The van der Waals surface area contributed by atoms with Crippen molar-refractivity contribution >= 4 is 17.1 Å². The highest BCUT2D eigenvalue weighted by atomic mass is 15.2. The van der Waals surface area contributed by atoms with Crippen molar-refractivity contribution in [1.29, 1.82) is 0 Å². The first-order valence-electron chi connectivity index (χ1n) is 7.67. The van der Waals surface area contributed by atoms with E-state index in [0.717, 1.165) is 17.1 Å². The Morgan fingerprint density at radius 3 is 1.76 bits per heavy atom. The molecule has 0 unspecified atom stereocenters. The summed E-state index contributed by atoms with van der Waals surface area (Å²) in [5.74, 6) is 0. The largest absolute Gasteiger partial charge is 0.371 e. The summed E-state index contributed by atoms with van der Waals surface area (Å²) in [4.78, 5) is 7.50. The summed E-state index contributed by atoms with van der Waals surface area (Å²) in [5, 5.41) is 15.5. The second-order valence-electron chi connectivity index (χ2n) is 4.95. The van der Waals surface area contributed by atoms with Gasteiger partial charge in [-0.3, -0.25) is 0 Å². The molecule has 0 fully saturated rings. The predicted octanol–water partition coefficient (Wildman–Crippen LogP) is 5.53. The van der Waals surface area contributed by atoms with Gasteiger partial charge >= 0.3 is 0 Å². The van der Waals surface area contributed by atoms with Gasteiger partial charge in [0, 0.05) is 41.7 Å². The zero-order valence-electron chi connectivity index (χ0n) is 13.5. The van der Waals surface area contributed by atoms with Crippen LogP contribution in [0.5, 0.6) is 0 Å². The lowest BCUT2D eigenvalue weighted by atomic mass is 10.2. The third kappa shape index (κ3) is 6.23. The molecule has 2 rings (SSSR count). The highest BCUT2D eigenvalue weighted by Gasteiger charge is 2.05. The van der Waals surface area contributed by atoms with Crippen molar-refractivity contribution in [3.8, 4) is 0 Å². The van der Waals surface area contributed by atoms with Crippen LogP contribution >= 0.6 is 0 Å². The normalized spacial score (nSPS) is 10.1. The first kappa shape index (κ1) is 17.8. The van der Waals surface area contributed by atoms with E-state index in [1.807, 2.05) is 59.5 Å². The summed E-state index contributed by atoms with van der Waals surface area (Å²) < 4.78 is 0. The fourth-order valence-electron chi connectivity index (χ4n) is 2.13. The number of nitrogens with zero attached hydrogens (tertiary/aromatic N) is 9. The summed E-state index contributed by atoms with van der Waals surface area (Å²) >= 11 is 0. The van der Waals surface area contributed by atoms with Crippen molar-refractivity contribution in [3.05, 3.63) is 75.5 Å². The van der Waals surface area contributed by atoms with Crippen LogP contribution in [0.2, 0.25) is 0 Å². The number of azide groups is 2. The van der Waals surface area contributed by atoms with Crippen molar-refractivity contribution < 1.29 is 0 Å². The number of benzene rings is 2. The summed E-state index contributed by atoms with van der Waals surface area (Å²) in [6.45, 7) is 1.75. The van der Waals surface area contributed by atoms with Crippen molar-refractivity contribution in [1.82, 2.24) is 0 Å². The minimum atomic E-state index is 0.336. The Bertz CT molecular complexity index is 751. The molecule has 0 bridgehead atoms. The minimum Gasteiger partial charge on any atom is -0.371 e. The number of hydrogen-bond acceptors (Lipinski definition) is 5. The van der Waals surface area contributed by atoms with E-state index in [9.17, 15) is 0 Å². The zero-order chi connectivity index (χ0) is 17.7. The topological polar surface area (TPSA) is 125 Å².